The van der Waals surface area contributed by atoms with Crippen molar-refractivity contribution in [3.8, 4) is 0 Å². The van der Waals surface area contributed by atoms with Crippen LogP contribution in [-0.2, 0) is 4.74 Å². The van der Waals surface area contributed by atoms with Crippen molar-refractivity contribution in [1.82, 2.24) is 10.2 Å². The van der Waals surface area contributed by atoms with E-state index in [2.05, 4.69) is 17.1 Å². The highest BCUT2D eigenvalue weighted by Crippen LogP contribution is 2.33. The Hall–Kier alpha value is -0.170. The third-order valence-electron chi connectivity index (χ3n) is 2.05. The standard InChI is InChI=1S/C7H9IN2O2/c1-4-2-3-11-5(4)6-9-10-7(8)12-6/h4-5H,2-3H2,1H3. The van der Waals surface area contributed by atoms with Gasteiger partial charge in [-0.3, -0.25) is 0 Å². The molecule has 0 radical (unpaired) electrons. The van der Waals surface area contributed by atoms with E-state index in [1.807, 2.05) is 22.6 Å². The van der Waals surface area contributed by atoms with Crippen LogP contribution in [0.5, 0.6) is 0 Å². The summed E-state index contributed by atoms with van der Waals surface area (Å²) in [6.07, 6.45) is 1.09. The summed E-state index contributed by atoms with van der Waals surface area (Å²) in [5.74, 6) is 1.10. The maximum atomic E-state index is 5.46. The minimum atomic E-state index is 0.0148. The Labute approximate surface area is 83.8 Å². The van der Waals surface area contributed by atoms with Gasteiger partial charge in [0.2, 0.25) is 5.89 Å². The molecule has 0 aliphatic carbocycles. The zero-order valence-corrected chi connectivity index (χ0v) is 8.82. The third-order valence-corrected chi connectivity index (χ3v) is 2.48. The molecule has 0 amide bonds. The Morgan fingerprint density at radius 3 is 2.83 bits per heavy atom. The van der Waals surface area contributed by atoms with Gasteiger partial charge in [0.15, 0.2) is 0 Å². The molecule has 0 saturated carbocycles. The first-order valence-electron chi connectivity index (χ1n) is 3.88. The number of hydrogen-bond acceptors (Lipinski definition) is 4. The summed E-state index contributed by atoms with van der Waals surface area (Å²) < 4.78 is 11.3. The zero-order valence-electron chi connectivity index (χ0n) is 6.66. The predicted octanol–water partition coefficient (Wildman–Crippen LogP) is 1.77. The molecule has 2 rings (SSSR count). The predicted molar refractivity (Wildman–Crippen MR) is 49.5 cm³/mol. The first-order chi connectivity index (χ1) is 5.77. The Balaban J connectivity index is 2.19. The van der Waals surface area contributed by atoms with E-state index in [1.165, 1.54) is 0 Å². The van der Waals surface area contributed by atoms with Crippen LogP contribution in [0.3, 0.4) is 0 Å². The molecule has 1 aromatic heterocycles. The lowest BCUT2D eigenvalue weighted by Crippen LogP contribution is -2.03. The molecular weight excluding hydrogens is 271 g/mol. The Morgan fingerprint density at radius 1 is 1.50 bits per heavy atom. The van der Waals surface area contributed by atoms with Crippen molar-refractivity contribution >= 4 is 22.6 Å². The summed E-state index contributed by atoms with van der Waals surface area (Å²) in [6.45, 7) is 2.93. The Morgan fingerprint density at radius 2 is 2.33 bits per heavy atom. The molecule has 12 heavy (non-hydrogen) atoms. The van der Waals surface area contributed by atoms with E-state index in [9.17, 15) is 0 Å². The SMILES string of the molecule is CC1CCOC1c1nnc(I)o1. The Kier molecular flexibility index (Phi) is 2.31. The molecule has 0 bridgehead atoms. The molecule has 2 heterocycles. The molecule has 1 aliphatic rings. The maximum absolute atomic E-state index is 5.46. The van der Waals surface area contributed by atoms with Gasteiger partial charge in [-0.25, -0.2) is 0 Å². The lowest BCUT2D eigenvalue weighted by molar-refractivity contribution is 0.0706. The van der Waals surface area contributed by atoms with Gasteiger partial charge < -0.3 is 9.15 Å². The smallest absolute Gasteiger partial charge is 0.278 e. The lowest BCUT2D eigenvalue weighted by Gasteiger charge is -2.07. The summed E-state index contributed by atoms with van der Waals surface area (Å²) in [4.78, 5) is 0. The maximum Gasteiger partial charge on any atom is 0.278 e. The van der Waals surface area contributed by atoms with Gasteiger partial charge in [-0.2, -0.15) is 0 Å². The van der Waals surface area contributed by atoms with Gasteiger partial charge in [0, 0.05) is 29.2 Å². The van der Waals surface area contributed by atoms with Crippen molar-refractivity contribution in [3.63, 3.8) is 0 Å². The van der Waals surface area contributed by atoms with Gasteiger partial charge in [0.1, 0.15) is 6.10 Å². The fourth-order valence-corrected chi connectivity index (χ4v) is 1.68. The normalized spacial score (nSPS) is 29.5. The first-order valence-corrected chi connectivity index (χ1v) is 4.96. The molecule has 1 aromatic rings. The highest BCUT2D eigenvalue weighted by atomic mass is 127. The molecule has 0 N–H and O–H groups in total. The van der Waals surface area contributed by atoms with E-state index in [1.54, 1.807) is 0 Å². The highest BCUT2D eigenvalue weighted by molar-refractivity contribution is 14.1. The fraction of sp³-hybridized carbons (Fsp3) is 0.714. The van der Waals surface area contributed by atoms with Crippen LogP contribution in [0.1, 0.15) is 25.3 Å². The quantitative estimate of drug-likeness (QED) is 0.736. The number of ether oxygens (including phenoxy) is 1. The molecule has 4 nitrogen and oxygen atoms in total. The number of nitrogens with zero attached hydrogens (tertiary/aromatic N) is 2. The topological polar surface area (TPSA) is 48.2 Å². The van der Waals surface area contributed by atoms with Gasteiger partial charge in [0.05, 0.1) is 0 Å². The van der Waals surface area contributed by atoms with Crippen LogP contribution in [0.25, 0.3) is 0 Å². The van der Waals surface area contributed by atoms with E-state index in [0.717, 1.165) is 13.0 Å². The van der Waals surface area contributed by atoms with Crippen LogP contribution < -0.4 is 0 Å². The summed E-state index contributed by atoms with van der Waals surface area (Å²) in [5, 5.41) is 7.68. The number of aromatic nitrogens is 2. The van der Waals surface area contributed by atoms with Gasteiger partial charge in [-0.05, 0) is 12.3 Å². The molecule has 1 fully saturated rings. The second kappa shape index (κ2) is 3.29. The summed E-state index contributed by atoms with van der Waals surface area (Å²) in [7, 11) is 0. The van der Waals surface area contributed by atoms with Crippen LogP contribution >= 0.6 is 22.6 Å². The summed E-state index contributed by atoms with van der Waals surface area (Å²) in [5.41, 5.74) is 0. The van der Waals surface area contributed by atoms with Crippen molar-refractivity contribution in [2.24, 2.45) is 5.92 Å². The fourth-order valence-electron chi connectivity index (χ4n) is 1.34. The minimum absolute atomic E-state index is 0.0148. The second-order valence-corrected chi connectivity index (χ2v) is 3.87. The van der Waals surface area contributed by atoms with E-state index in [0.29, 0.717) is 15.7 Å². The molecule has 1 aliphatic heterocycles. The molecule has 0 aromatic carbocycles. The van der Waals surface area contributed by atoms with Crippen LogP contribution in [-0.4, -0.2) is 16.8 Å². The number of rotatable bonds is 1. The van der Waals surface area contributed by atoms with Crippen LogP contribution in [0.4, 0.5) is 0 Å². The van der Waals surface area contributed by atoms with Crippen molar-refractivity contribution in [1.29, 1.82) is 0 Å². The van der Waals surface area contributed by atoms with Gasteiger partial charge in [0.25, 0.3) is 3.90 Å². The number of halogens is 1. The highest BCUT2D eigenvalue weighted by Gasteiger charge is 2.30. The Bertz CT molecular complexity index is 276. The molecule has 5 heteroatoms. The van der Waals surface area contributed by atoms with E-state index >= 15 is 0 Å². The van der Waals surface area contributed by atoms with E-state index in [4.69, 9.17) is 9.15 Å². The molecule has 2 unspecified atom stereocenters. The van der Waals surface area contributed by atoms with Gasteiger partial charge in [-0.1, -0.05) is 6.92 Å². The van der Waals surface area contributed by atoms with Crippen molar-refractivity contribution in [3.05, 3.63) is 9.79 Å². The van der Waals surface area contributed by atoms with Crippen LogP contribution in [0.15, 0.2) is 4.42 Å². The lowest BCUT2D eigenvalue weighted by atomic mass is 10.0. The second-order valence-electron chi connectivity index (χ2n) is 2.95. The molecule has 2 atom stereocenters. The van der Waals surface area contributed by atoms with Gasteiger partial charge in [-0.15, -0.1) is 10.2 Å². The molecule has 0 spiro atoms. The number of hydrogen-bond donors (Lipinski definition) is 0. The average Bonchev–Trinajstić information content (AvgIpc) is 2.58. The van der Waals surface area contributed by atoms with Crippen LogP contribution in [0.2, 0.25) is 0 Å². The summed E-state index contributed by atoms with van der Waals surface area (Å²) >= 11 is 2.00. The first kappa shape index (κ1) is 8.43. The van der Waals surface area contributed by atoms with E-state index in [-0.39, 0.29) is 6.10 Å². The average molecular weight is 280 g/mol. The van der Waals surface area contributed by atoms with Crippen molar-refractivity contribution in [2.75, 3.05) is 6.61 Å². The van der Waals surface area contributed by atoms with E-state index < -0.39 is 0 Å². The summed E-state index contributed by atoms with van der Waals surface area (Å²) in [6, 6.07) is 0. The molecule has 1 saturated heterocycles. The minimum Gasteiger partial charge on any atom is -0.414 e. The molecule has 66 valence electrons. The van der Waals surface area contributed by atoms with Crippen molar-refractivity contribution in [2.45, 2.75) is 19.4 Å². The van der Waals surface area contributed by atoms with Gasteiger partial charge >= 0.3 is 0 Å². The van der Waals surface area contributed by atoms with Crippen LogP contribution in [0, 0.1) is 9.82 Å². The third kappa shape index (κ3) is 1.47. The molecular formula is C7H9IN2O2. The monoisotopic (exact) mass is 280 g/mol. The zero-order chi connectivity index (χ0) is 8.55. The van der Waals surface area contributed by atoms with Crippen molar-refractivity contribution < 1.29 is 9.15 Å². The largest absolute Gasteiger partial charge is 0.414 e.